The van der Waals surface area contributed by atoms with Gasteiger partial charge in [-0.2, -0.15) is 0 Å². The van der Waals surface area contributed by atoms with Gasteiger partial charge < -0.3 is 10.2 Å². The summed E-state index contributed by atoms with van der Waals surface area (Å²) < 4.78 is 29.0. The Morgan fingerprint density at radius 3 is 2.15 bits per heavy atom. The number of hydrogen-bond acceptors (Lipinski definition) is 4. The van der Waals surface area contributed by atoms with E-state index < -0.39 is 34.1 Å². The van der Waals surface area contributed by atoms with E-state index in [1.54, 1.807) is 55.5 Å². The van der Waals surface area contributed by atoms with Crippen LogP contribution in [-0.2, 0) is 32.6 Å². The average molecular weight is 605 g/mol. The number of carbonyl (C=O) groups excluding carboxylic acids is 2. The van der Waals surface area contributed by atoms with E-state index in [1.807, 2.05) is 39.8 Å². The molecule has 40 heavy (non-hydrogen) atoms. The van der Waals surface area contributed by atoms with E-state index >= 15 is 0 Å². The Morgan fingerprint density at radius 1 is 0.925 bits per heavy atom. The topological polar surface area (TPSA) is 86.8 Å². The van der Waals surface area contributed by atoms with Crippen LogP contribution in [0.2, 0.25) is 10.0 Å². The van der Waals surface area contributed by atoms with Gasteiger partial charge in [-0.05, 0) is 75.6 Å². The van der Waals surface area contributed by atoms with Gasteiger partial charge in [-0.25, -0.2) is 8.42 Å². The minimum Gasteiger partial charge on any atom is -0.350 e. The Kier molecular flexibility index (Phi) is 10.3. The van der Waals surface area contributed by atoms with Crippen molar-refractivity contribution in [2.24, 2.45) is 0 Å². The van der Waals surface area contributed by atoms with Crippen molar-refractivity contribution in [2.45, 2.75) is 64.1 Å². The lowest BCUT2D eigenvalue weighted by Crippen LogP contribution is -2.54. The minimum atomic E-state index is -4.13. The fourth-order valence-corrected chi connectivity index (χ4v) is 5.97. The first-order valence-corrected chi connectivity index (χ1v) is 15.1. The molecule has 0 radical (unpaired) electrons. The molecule has 0 fully saturated rings. The van der Waals surface area contributed by atoms with Crippen molar-refractivity contribution in [1.82, 2.24) is 10.2 Å². The van der Waals surface area contributed by atoms with Crippen molar-refractivity contribution < 1.29 is 18.0 Å². The van der Waals surface area contributed by atoms with Gasteiger partial charge >= 0.3 is 0 Å². The minimum absolute atomic E-state index is 0.0170. The van der Waals surface area contributed by atoms with Crippen molar-refractivity contribution in [2.75, 3.05) is 10.8 Å². The summed E-state index contributed by atoms with van der Waals surface area (Å²) in [5.41, 5.74) is 1.28. The first-order valence-electron chi connectivity index (χ1n) is 13.0. The maximum atomic E-state index is 14.1. The summed E-state index contributed by atoms with van der Waals surface area (Å²) in [6, 6.07) is 19.1. The van der Waals surface area contributed by atoms with Gasteiger partial charge in [0.15, 0.2) is 0 Å². The highest BCUT2D eigenvalue weighted by Crippen LogP contribution is 2.29. The number of para-hydroxylation sites is 1. The summed E-state index contributed by atoms with van der Waals surface area (Å²) in [5.74, 6) is -0.916. The molecule has 3 rings (SSSR count). The Balaban J connectivity index is 2.08. The molecule has 7 nitrogen and oxygen atoms in total. The second-order valence-corrected chi connectivity index (χ2v) is 13.2. The molecular formula is C30H35Cl2N3O4S. The van der Waals surface area contributed by atoms with Crippen molar-refractivity contribution >= 4 is 50.7 Å². The van der Waals surface area contributed by atoms with Gasteiger partial charge in [0.2, 0.25) is 11.8 Å². The smallest absolute Gasteiger partial charge is 0.264 e. The SMILES string of the molecule is CCc1ccccc1N(CC(=O)N(Cc1ccc(Cl)c(Cl)c1)[C@@H](C)C(=O)NC(C)(C)C)S(=O)(=O)c1ccccc1. The third kappa shape index (κ3) is 7.77. The number of benzene rings is 3. The van der Waals surface area contributed by atoms with Crippen LogP contribution in [0.5, 0.6) is 0 Å². The Bertz CT molecular complexity index is 1460. The summed E-state index contributed by atoms with van der Waals surface area (Å²) >= 11 is 12.3. The zero-order valence-electron chi connectivity index (χ0n) is 23.3. The standard InChI is InChI=1S/C30H35Cl2N3O4S/c1-6-23-12-10-11-15-27(23)35(40(38,39)24-13-8-7-9-14-24)20-28(36)34(21(2)29(37)33-30(3,4)5)19-22-16-17-25(31)26(32)18-22/h7-18,21H,6,19-20H2,1-5H3,(H,33,37)/t21-/m0/s1. The van der Waals surface area contributed by atoms with Crippen molar-refractivity contribution in [3.05, 3.63) is 94.0 Å². The molecule has 0 aliphatic heterocycles. The predicted octanol–water partition coefficient (Wildman–Crippen LogP) is 6.08. The van der Waals surface area contributed by atoms with Crippen molar-refractivity contribution in [1.29, 1.82) is 0 Å². The monoisotopic (exact) mass is 603 g/mol. The quantitative estimate of drug-likeness (QED) is 0.304. The van der Waals surface area contributed by atoms with Gasteiger partial charge in [-0.15, -0.1) is 0 Å². The lowest BCUT2D eigenvalue weighted by atomic mass is 10.1. The summed E-state index contributed by atoms with van der Waals surface area (Å²) in [4.78, 5) is 28.7. The molecule has 3 aromatic carbocycles. The number of rotatable bonds is 10. The van der Waals surface area contributed by atoms with Crippen LogP contribution in [0.1, 0.15) is 45.7 Å². The molecule has 0 bridgehead atoms. The third-order valence-corrected chi connectivity index (χ3v) is 8.77. The first-order chi connectivity index (χ1) is 18.7. The van der Waals surface area contributed by atoms with E-state index in [0.29, 0.717) is 27.7 Å². The van der Waals surface area contributed by atoms with Crippen molar-refractivity contribution in [3.8, 4) is 0 Å². The Morgan fingerprint density at radius 2 is 1.55 bits per heavy atom. The molecular weight excluding hydrogens is 569 g/mol. The van der Waals surface area contributed by atoms with E-state index in [2.05, 4.69) is 5.32 Å². The van der Waals surface area contributed by atoms with Gasteiger partial charge in [-0.1, -0.05) is 72.6 Å². The number of aryl methyl sites for hydroxylation is 1. The molecule has 0 saturated heterocycles. The second-order valence-electron chi connectivity index (χ2n) is 10.5. The third-order valence-electron chi connectivity index (χ3n) is 6.25. The van der Waals surface area contributed by atoms with E-state index in [4.69, 9.17) is 23.2 Å². The summed E-state index contributed by atoms with van der Waals surface area (Å²) in [6.45, 7) is 8.58. The maximum Gasteiger partial charge on any atom is 0.264 e. The predicted molar refractivity (Wildman–Crippen MR) is 161 cm³/mol. The lowest BCUT2D eigenvalue weighted by Gasteiger charge is -2.34. The van der Waals surface area contributed by atoms with Crippen LogP contribution < -0.4 is 9.62 Å². The van der Waals surface area contributed by atoms with Gasteiger partial charge in [-0.3, -0.25) is 13.9 Å². The van der Waals surface area contributed by atoms with Gasteiger partial charge in [0.1, 0.15) is 12.6 Å². The molecule has 0 heterocycles. The molecule has 1 atom stereocenters. The number of hydrogen-bond donors (Lipinski definition) is 1. The number of halogens is 2. The number of carbonyl (C=O) groups is 2. The highest BCUT2D eigenvalue weighted by Gasteiger charge is 2.34. The molecule has 3 aromatic rings. The van der Waals surface area contributed by atoms with Crippen LogP contribution in [0.4, 0.5) is 5.69 Å². The first kappa shape index (κ1) is 31.5. The summed E-state index contributed by atoms with van der Waals surface area (Å²) in [5, 5.41) is 3.58. The largest absolute Gasteiger partial charge is 0.350 e. The molecule has 0 unspecified atom stereocenters. The number of amides is 2. The van der Waals surface area contributed by atoms with Gasteiger partial charge in [0.25, 0.3) is 10.0 Å². The van der Waals surface area contributed by atoms with Crippen LogP contribution in [-0.4, -0.2) is 43.3 Å². The number of sulfonamides is 1. The highest BCUT2D eigenvalue weighted by molar-refractivity contribution is 7.92. The average Bonchev–Trinajstić information content (AvgIpc) is 2.91. The highest BCUT2D eigenvalue weighted by atomic mass is 35.5. The van der Waals surface area contributed by atoms with E-state index in [-0.39, 0.29) is 17.3 Å². The molecule has 0 aromatic heterocycles. The van der Waals surface area contributed by atoms with Crippen LogP contribution in [0.3, 0.4) is 0 Å². The van der Waals surface area contributed by atoms with Gasteiger partial charge in [0.05, 0.1) is 20.6 Å². The molecule has 2 amide bonds. The molecule has 1 N–H and O–H groups in total. The van der Waals surface area contributed by atoms with Crippen molar-refractivity contribution in [3.63, 3.8) is 0 Å². The number of nitrogens with zero attached hydrogens (tertiary/aromatic N) is 2. The van der Waals surface area contributed by atoms with Crippen LogP contribution in [0.25, 0.3) is 0 Å². The summed E-state index contributed by atoms with van der Waals surface area (Å²) in [7, 11) is -4.13. The normalized spacial score (nSPS) is 12.5. The van der Waals surface area contributed by atoms with E-state index in [1.165, 1.54) is 17.0 Å². The molecule has 0 spiro atoms. The second kappa shape index (κ2) is 13.1. The maximum absolute atomic E-state index is 14.1. The molecule has 214 valence electrons. The molecule has 0 aliphatic rings. The van der Waals surface area contributed by atoms with Crippen LogP contribution >= 0.6 is 23.2 Å². The fraction of sp³-hybridized carbons (Fsp3) is 0.333. The van der Waals surface area contributed by atoms with Gasteiger partial charge in [0, 0.05) is 12.1 Å². The zero-order valence-corrected chi connectivity index (χ0v) is 25.6. The fourth-order valence-electron chi connectivity index (χ4n) is 4.18. The molecule has 0 aliphatic carbocycles. The van der Waals surface area contributed by atoms with Crippen LogP contribution in [0, 0.1) is 0 Å². The Hall–Kier alpha value is -3.07. The van der Waals surface area contributed by atoms with E-state index in [0.717, 1.165) is 9.87 Å². The number of anilines is 1. The zero-order chi connectivity index (χ0) is 29.7. The number of nitrogens with one attached hydrogen (secondary N) is 1. The lowest BCUT2D eigenvalue weighted by molar-refractivity contribution is -0.140. The molecule has 10 heteroatoms. The molecule has 0 saturated carbocycles. The Labute approximate surface area is 247 Å². The summed E-state index contributed by atoms with van der Waals surface area (Å²) in [6.07, 6.45) is 0.558. The van der Waals surface area contributed by atoms with E-state index in [9.17, 15) is 18.0 Å². The van der Waals surface area contributed by atoms with Crippen LogP contribution in [0.15, 0.2) is 77.7 Å².